The number of nitrogens with zero attached hydrogens (tertiary/aromatic N) is 3. The van der Waals surface area contributed by atoms with E-state index in [1.807, 2.05) is 0 Å². The number of benzene rings is 1. The first-order chi connectivity index (χ1) is 7.74. The van der Waals surface area contributed by atoms with E-state index in [0.717, 1.165) is 0 Å². The van der Waals surface area contributed by atoms with E-state index >= 15 is 0 Å². The topological polar surface area (TPSA) is 83.6 Å². The molecule has 1 aromatic heterocycles. The maximum atomic E-state index is 12.8. The maximum absolute atomic E-state index is 12.8. The number of hydrogen-bond acceptors (Lipinski definition) is 4. The maximum Gasteiger partial charge on any atom is 0.232 e. The average molecular weight is 221 g/mol. The molecule has 6 nitrogen and oxygen atoms in total. The van der Waals surface area contributed by atoms with Crippen LogP contribution in [0.5, 0.6) is 0 Å². The van der Waals surface area contributed by atoms with Gasteiger partial charge >= 0.3 is 0 Å². The van der Waals surface area contributed by atoms with Gasteiger partial charge in [-0.1, -0.05) is 11.3 Å². The van der Waals surface area contributed by atoms with Crippen molar-refractivity contribution in [1.29, 1.82) is 0 Å². The van der Waals surface area contributed by atoms with Crippen molar-refractivity contribution in [2.75, 3.05) is 5.32 Å². The zero-order chi connectivity index (χ0) is 11.4. The van der Waals surface area contributed by atoms with Crippen LogP contribution in [0.25, 0.3) is 0 Å². The van der Waals surface area contributed by atoms with E-state index in [1.165, 1.54) is 18.2 Å². The molecule has 0 bridgehead atoms. The number of carbonyl (C=O) groups excluding carboxylic acids is 1. The van der Waals surface area contributed by atoms with Crippen LogP contribution in [0, 0.1) is 5.82 Å². The van der Waals surface area contributed by atoms with Crippen LogP contribution < -0.4 is 5.32 Å². The fourth-order valence-electron chi connectivity index (χ4n) is 1.17. The number of hydrogen-bond donors (Lipinski definition) is 2. The number of amides is 1. The van der Waals surface area contributed by atoms with Crippen LogP contribution in [-0.4, -0.2) is 26.5 Å². The number of tetrazole rings is 1. The summed E-state index contributed by atoms with van der Waals surface area (Å²) in [7, 11) is 0. The van der Waals surface area contributed by atoms with Crippen molar-refractivity contribution in [2.45, 2.75) is 6.42 Å². The molecular weight excluding hydrogens is 213 g/mol. The molecule has 16 heavy (non-hydrogen) atoms. The number of aromatic amines is 1. The molecule has 2 aromatic rings. The standard InChI is InChI=1S/C9H8FN5O/c10-6-2-1-3-7(4-6)11-9(16)5-8-12-14-15-13-8/h1-4H,5H2,(H,11,16)(H,12,13,14,15). The number of rotatable bonds is 3. The molecule has 0 aliphatic heterocycles. The van der Waals surface area contributed by atoms with Crippen LogP contribution in [0.2, 0.25) is 0 Å². The van der Waals surface area contributed by atoms with Gasteiger partial charge in [0.2, 0.25) is 5.91 Å². The molecule has 0 atom stereocenters. The van der Waals surface area contributed by atoms with Gasteiger partial charge in [-0.25, -0.2) is 4.39 Å². The van der Waals surface area contributed by atoms with E-state index in [1.54, 1.807) is 6.07 Å². The zero-order valence-electron chi connectivity index (χ0n) is 8.14. The van der Waals surface area contributed by atoms with E-state index in [-0.39, 0.29) is 18.2 Å². The summed E-state index contributed by atoms with van der Waals surface area (Å²) in [6.45, 7) is 0. The Morgan fingerprint density at radius 3 is 3.06 bits per heavy atom. The largest absolute Gasteiger partial charge is 0.326 e. The van der Waals surface area contributed by atoms with E-state index in [2.05, 4.69) is 25.9 Å². The van der Waals surface area contributed by atoms with Crippen molar-refractivity contribution in [3.05, 3.63) is 35.9 Å². The molecular formula is C9H8FN5O. The summed E-state index contributed by atoms with van der Waals surface area (Å²) in [6.07, 6.45) is -0.00693. The fraction of sp³-hybridized carbons (Fsp3) is 0.111. The predicted molar refractivity (Wildman–Crippen MR) is 52.9 cm³/mol. The highest BCUT2D eigenvalue weighted by atomic mass is 19.1. The number of aromatic nitrogens is 4. The Kier molecular flexibility index (Phi) is 2.86. The molecule has 0 aliphatic rings. The minimum atomic E-state index is -0.405. The third-order valence-electron chi connectivity index (χ3n) is 1.82. The first-order valence-electron chi connectivity index (χ1n) is 4.52. The summed E-state index contributed by atoms with van der Waals surface area (Å²) in [5.74, 6) is -0.446. The van der Waals surface area contributed by atoms with Crippen LogP contribution in [0.1, 0.15) is 5.82 Å². The number of nitrogens with one attached hydrogen (secondary N) is 2. The van der Waals surface area contributed by atoms with Crippen molar-refractivity contribution < 1.29 is 9.18 Å². The predicted octanol–water partition coefficient (Wildman–Crippen LogP) is 0.520. The van der Waals surface area contributed by atoms with Crippen LogP contribution in [0.15, 0.2) is 24.3 Å². The van der Waals surface area contributed by atoms with Crippen LogP contribution >= 0.6 is 0 Å². The van der Waals surface area contributed by atoms with E-state index < -0.39 is 5.82 Å². The van der Waals surface area contributed by atoms with Crippen LogP contribution in [0.3, 0.4) is 0 Å². The minimum absolute atomic E-state index is 0.00693. The average Bonchev–Trinajstić information content (AvgIpc) is 2.70. The number of anilines is 1. The van der Waals surface area contributed by atoms with Crippen LogP contribution in [-0.2, 0) is 11.2 Å². The van der Waals surface area contributed by atoms with Gasteiger partial charge in [0.25, 0.3) is 0 Å². The minimum Gasteiger partial charge on any atom is -0.326 e. The zero-order valence-corrected chi connectivity index (χ0v) is 8.14. The van der Waals surface area contributed by atoms with Gasteiger partial charge in [0.15, 0.2) is 5.82 Å². The molecule has 7 heteroatoms. The Balaban J connectivity index is 1.97. The molecule has 1 amide bonds. The summed E-state index contributed by atoms with van der Waals surface area (Å²) >= 11 is 0. The highest BCUT2D eigenvalue weighted by Gasteiger charge is 2.07. The van der Waals surface area contributed by atoms with Gasteiger partial charge in [-0.15, -0.1) is 10.2 Å². The van der Waals surface area contributed by atoms with E-state index in [9.17, 15) is 9.18 Å². The lowest BCUT2D eigenvalue weighted by molar-refractivity contribution is -0.115. The Morgan fingerprint density at radius 2 is 2.38 bits per heavy atom. The first kappa shape index (κ1) is 10.2. The molecule has 0 saturated carbocycles. The van der Waals surface area contributed by atoms with Gasteiger partial charge < -0.3 is 5.32 Å². The molecule has 0 saturated heterocycles. The van der Waals surface area contributed by atoms with Crippen molar-refractivity contribution in [3.8, 4) is 0 Å². The monoisotopic (exact) mass is 221 g/mol. The van der Waals surface area contributed by atoms with Gasteiger partial charge in [-0.3, -0.25) is 4.79 Å². The molecule has 0 spiro atoms. The SMILES string of the molecule is O=C(Cc1nn[nH]n1)Nc1cccc(F)c1. The molecule has 0 radical (unpaired) electrons. The van der Waals surface area contributed by atoms with Gasteiger partial charge in [0, 0.05) is 5.69 Å². The summed E-state index contributed by atoms with van der Waals surface area (Å²) < 4.78 is 12.8. The summed E-state index contributed by atoms with van der Waals surface area (Å²) in [4.78, 5) is 11.4. The lowest BCUT2D eigenvalue weighted by Gasteiger charge is -2.02. The lowest BCUT2D eigenvalue weighted by Crippen LogP contribution is -2.15. The van der Waals surface area contributed by atoms with Gasteiger partial charge in [0.05, 0.1) is 6.42 Å². The summed E-state index contributed by atoms with van der Waals surface area (Å²) in [5.41, 5.74) is 0.397. The van der Waals surface area contributed by atoms with Crippen molar-refractivity contribution in [1.82, 2.24) is 20.6 Å². The van der Waals surface area contributed by atoms with Crippen molar-refractivity contribution in [3.63, 3.8) is 0 Å². The van der Waals surface area contributed by atoms with Crippen molar-refractivity contribution >= 4 is 11.6 Å². The fourth-order valence-corrected chi connectivity index (χ4v) is 1.17. The lowest BCUT2D eigenvalue weighted by atomic mass is 10.3. The van der Waals surface area contributed by atoms with Gasteiger partial charge in [0.1, 0.15) is 5.82 Å². The van der Waals surface area contributed by atoms with E-state index in [4.69, 9.17) is 0 Å². The number of H-pyrrole nitrogens is 1. The molecule has 1 aromatic carbocycles. The molecule has 82 valence electrons. The molecule has 0 fully saturated rings. The number of carbonyl (C=O) groups is 1. The smallest absolute Gasteiger partial charge is 0.232 e. The van der Waals surface area contributed by atoms with Crippen molar-refractivity contribution in [2.24, 2.45) is 0 Å². The molecule has 2 rings (SSSR count). The highest BCUT2D eigenvalue weighted by Crippen LogP contribution is 2.09. The molecule has 1 heterocycles. The second kappa shape index (κ2) is 4.47. The third kappa shape index (κ3) is 2.59. The Bertz CT molecular complexity index is 484. The molecule has 0 unspecified atom stereocenters. The Labute approximate surface area is 89.9 Å². The van der Waals surface area contributed by atoms with Gasteiger partial charge in [-0.05, 0) is 18.2 Å². The summed E-state index contributed by atoms with van der Waals surface area (Å²) in [5, 5.41) is 15.3. The van der Waals surface area contributed by atoms with Crippen LogP contribution in [0.4, 0.5) is 10.1 Å². The highest BCUT2D eigenvalue weighted by molar-refractivity contribution is 5.91. The second-order valence-electron chi connectivity index (χ2n) is 3.06. The molecule has 2 N–H and O–H groups in total. The van der Waals surface area contributed by atoms with Gasteiger partial charge in [-0.2, -0.15) is 5.21 Å². The Morgan fingerprint density at radius 1 is 1.50 bits per heavy atom. The number of halogens is 1. The quantitative estimate of drug-likeness (QED) is 0.791. The summed E-state index contributed by atoms with van der Waals surface area (Å²) in [6, 6.07) is 5.64. The first-order valence-corrected chi connectivity index (χ1v) is 4.52. The normalized spacial score (nSPS) is 10.1. The molecule has 0 aliphatic carbocycles. The third-order valence-corrected chi connectivity index (χ3v) is 1.82. The Hall–Kier alpha value is -2.31. The second-order valence-corrected chi connectivity index (χ2v) is 3.06. The van der Waals surface area contributed by atoms with E-state index in [0.29, 0.717) is 5.69 Å².